The van der Waals surface area contributed by atoms with Crippen LogP contribution in [0.1, 0.15) is 45.2 Å². The standard InChI is InChI=1S/C26H21Cl2F3N2O3/c1-14-11-15(3-7-21(14)32-23(34)18-13-17(29)5-6-20(18)28)24(35)33-10-9-26(30,31)25(2,36)19-12-16(27)4-8-22(19)33/h3-8,11-13,36H,9-10H2,1-2H3,(H,32,34)/t25-/m1/s1. The van der Waals surface area contributed by atoms with Crippen molar-refractivity contribution in [3.05, 3.63) is 92.7 Å². The summed E-state index contributed by atoms with van der Waals surface area (Å²) in [7, 11) is 0. The minimum atomic E-state index is -3.51. The lowest BCUT2D eigenvalue weighted by Gasteiger charge is -2.32. The van der Waals surface area contributed by atoms with Crippen LogP contribution in [0.15, 0.2) is 54.6 Å². The number of amides is 2. The SMILES string of the molecule is Cc1cc(C(=O)N2CCC(F)(F)[C@](C)(O)c3cc(Cl)ccc32)ccc1NC(=O)c1cc(F)ccc1Cl. The van der Waals surface area contributed by atoms with Gasteiger partial charge in [0.25, 0.3) is 17.7 Å². The van der Waals surface area contributed by atoms with Crippen molar-refractivity contribution in [2.75, 3.05) is 16.8 Å². The maximum Gasteiger partial charge on any atom is 0.281 e. The number of rotatable bonds is 3. The lowest BCUT2D eigenvalue weighted by atomic mass is 9.87. The van der Waals surface area contributed by atoms with Gasteiger partial charge in [-0.2, -0.15) is 0 Å². The fourth-order valence-corrected chi connectivity index (χ4v) is 4.49. The summed E-state index contributed by atoms with van der Waals surface area (Å²) in [4.78, 5) is 27.2. The smallest absolute Gasteiger partial charge is 0.281 e. The minimum Gasteiger partial charge on any atom is -0.379 e. The summed E-state index contributed by atoms with van der Waals surface area (Å²) in [6.45, 7) is 2.31. The number of nitrogens with zero attached hydrogens (tertiary/aromatic N) is 1. The first-order valence-corrected chi connectivity index (χ1v) is 11.7. The second-order valence-electron chi connectivity index (χ2n) is 8.75. The molecule has 36 heavy (non-hydrogen) atoms. The van der Waals surface area contributed by atoms with Crippen molar-refractivity contribution in [3.8, 4) is 0 Å². The van der Waals surface area contributed by atoms with E-state index in [0.29, 0.717) is 11.3 Å². The quantitative estimate of drug-likeness (QED) is 0.396. The Kier molecular flexibility index (Phi) is 6.81. The highest BCUT2D eigenvalue weighted by atomic mass is 35.5. The van der Waals surface area contributed by atoms with E-state index >= 15 is 0 Å². The summed E-state index contributed by atoms with van der Waals surface area (Å²) < 4.78 is 43.2. The van der Waals surface area contributed by atoms with Crippen LogP contribution >= 0.6 is 23.2 Å². The third-order valence-electron chi connectivity index (χ3n) is 6.28. The van der Waals surface area contributed by atoms with Gasteiger partial charge in [0.05, 0.1) is 16.3 Å². The molecule has 0 radical (unpaired) electrons. The molecule has 4 rings (SSSR count). The molecule has 1 aliphatic rings. The second-order valence-corrected chi connectivity index (χ2v) is 9.60. The molecule has 0 saturated carbocycles. The Morgan fingerprint density at radius 3 is 2.47 bits per heavy atom. The molecule has 1 heterocycles. The number of aliphatic hydroxyl groups is 1. The van der Waals surface area contributed by atoms with Gasteiger partial charge in [0.2, 0.25) is 0 Å². The number of hydrogen-bond donors (Lipinski definition) is 2. The first-order valence-electron chi connectivity index (χ1n) is 10.9. The molecule has 3 aromatic carbocycles. The molecule has 0 unspecified atom stereocenters. The zero-order valence-corrected chi connectivity index (χ0v) is 20.7. The van der Waals surface area contributed by atoms with E-state index in [-0.39, 0.29) is 39.0 Å². The summed E-state index contributed by atoms with van der Waals surface area (Å²) >= 11 is 12.0. The van der Waals surface area contributed by atoms with Crippen molar-refractivity contribution in [3.63, 3.8) is 0 Å². The molecule has 0 aromatic heterocycles. The number of nitrogens with one attached hydrogen (secondary N) is 1. The van der Waals surface area contributed by atoms with E-state index < -0.39 is 35.6 Å². The Morgan fingerprint density at radius 2 is 1.78 bits per heavy atom. The molecule has 1 atom stereocenters. The normalized spacial score (nSPS) is 18.8. The van der Waals surface area contributed by atoms with E-state index in [2.05, 4.69) is 5.32 Å². The summed E-state index contributed by atoms with van der Waals surface area (Å²) in [6, 6.07) is 12.0. The van der Waals surface area contributed by atoms with Crippen LogP contribution in [-0.2, 0) is 5.60 Å². The first-order chi connectivity index (χ1) is 16.8. The van der Waals surface area contributed by atoms with Gasteiger partial charge in [0, 0.05) is 34.8 Å². The zero-order chi connectivity index (χ0) is 26.4. The predicted molar refractivity (Wildman–Crippen MR) is 133 cm³/mol. The van der Waals surface area contributed by atoms with Crippen molar-refractivity contribution in [2.24, 2.45) is 0 Å². The van der Waals surface area contributed by atoms with E-state index in [1.54, 1.807) is 6.92 Å². The highest BCUT2D eigenvalue weighted by Gasteiger charge is 2.53. The van der Waals surface area contributed by atoms with Gasteiger partial charge in [-0.25, -0.2) is 13.2 Å². The average Bonchev–Trinajstić information content (AvgIpc) is 2.89. The molecule has 0 bridgehead atoms. The molecule has 2 amide bonds. The minimum absolute atomic E-state index is 0.0518. The molecule has 0 spiro atoms. The second kappa shape index (κ2) is 9.42. The van der Waals surface area contributed by atoms with E-state index in [1.165, 1.54) is 47.4 Å². The Morgan fingerprint density at radius 1 is 1.06 bits per heavy atom. The topological polar surface area (TPSA) is 69.6 Å². The van der Waals surface area contributed by atoms with Crippen molar-refractivity contribution < 1.29 is 27.9 Å². The molecule has 3 aromatic rings. The van der Waals surface area contributed by atoms with Gasteiger partial charge in [0.15, 0.2) is 5.60 Å². The number of alkyl halides is 2. The van der Waals surface area contributed by atoms with Gasteiger partial charge >= 0.3 is 0 Å². The van der Waals surface area contributed by atoms with Crippen molar-refractivity contribution in [1.82, 2.24) is 0 Å². The van der Waals surface area contributed by atoms with E-state index in [9.17, 15) is 27.9 Å². The van der Waals surface area contributed by atoms with Crippen LogP contribution in [0.25, 0.3) is 0 Å². The van der Waals surface area contributed by atoms with Crippen LogP contribution in [0, 0.1) is 12.7 Å². The van der Waals surface area contributed by atoms with Crippen molar-refractivity contribution >= 4 is 46.4 Å². The highest BCUT2D eigenvalue weighted by Crippen LogP contribution is 2.47. The van der Waals surface area contributed by atoms with Crippen LogP contribution in [-0.4, -0.2) is 29.4 Å². The largest absolute Gasteiger partial charge is 0.379 e. The van der Waals surface area contributed by atoms with Crippen molar-refractivity contribution in [2.45, 2.75) is 31.8 Å². The van der Waals surface area contributed by atoms with E-state index in [0.717, 1.165) is 19.1 Å². The van der Waals surface area contributed by atoms with Gasteiger partial charge < -0.3 is 15.3 Å². The highest BCUT2D eigenvalue weighted by molar-refractivity contribution is 6.34. The molecule has 0 saturated heterocycles. The Balaban J connectivity index is 1.65. The molecule has 5 nitrogen and oxygen atoms in total. The number of halogens is 5. The molecule has 10 heteroatoms. The maximum atomic E-state index is 14.8. The Bertz CT molecular complexity index is 1380. The lowest BCUT2D eigenvalue weighted by Crippen LogP contribution is -2.42. The molecular formula is C26H21Cl2F3N2O3. The number of fused-ring (bicyclic) bond motifs is 1. The fraction of sp³-hybridized carbons (Fsp3) is 0.231. The molecule has 188 valence electrons. The third kappa shape index (κ3) is 4.68. The summed E-state index contributed by atoms with van der Waals surface area (Å²) in [5, 5.41) is 13.6. The third-order valence-corrected chi connectivity index (χ3v) is 6.84. The average molecular weight is 537 g/mol. The Labute approximate surface area is 215 Å². The Hall–Kier alpha value is -3.07. The van der Waals surface area contributed by atoms with Crippen LogP contribution in [0.4, 0.5) is 24.5 Å². The van der Waals surface area contributed by atoms with Crippen molar-refractivity contribution in [1.29, 1.82) is 0 Å². The van der Waals surface area contributed by atoms with Crippen LogP contribution < -0.4 is 10.2 Å². The number of carbonyl (C=O) groups is 2. The molecule has 2 N–H and O–H groups in total. The summed E-state index contributed by atoms with van der Waals surface area (Å²) in [6.07, 6.45) is -0.764. The van der Waals surface area contributed by atoms with Crippen LogP contribution in [0.3, 0.4) is 0 Å². The van der Waals surface area contributed by atoms with Gasteiger partial charge in [-0.05, 0) is 74.0 Å². The number of aryl methyl sites for hydroxylation is 1. The van der Waals surface area contributed by atoms with Gasteiger partial charge in [-0.1, -0.05) is 23.2 Å². The maximum absolute atomic E-state index is 14.8. The zero-order valence-electron chi connectivity index (χ0n) is 19.2. The number of anilines is 2. The van der Waals surface area contributed by atoms with Gasteiger partial charge in [0.1, 0.15) is 5.82 Å². The number of carbonyl (C=O) groups excluding carboxylic acids is 2. The van der Waals surface area contributed by atoms with Gasteiger partial charge in [-0.3, -0.25) is 9.59 Å². The fourth-order valence-electron chi connectivity index (χ4n) is 4.11. The van der Waals surface area contributed by atoms with Gasteiger partial charge in [-0.15, -0.1) is 0 Å². The molecular weight excluding hydrogens is 516 g/mol. The molecule has 1 aliphatic heterocycles. The predicted octanol–water partition coefficient (Wildman–Crippen LogP) is 6.59. The monoisotopic (exact) mass is 536 g/mol. The lowest BCUT2D eigenvalue weighted by molar-refractivity contribution is -0.177. The summed E-state index contributed by atoms with van der Waals surface area (Å²) in [5.74, 6) is -5.33. The van der Waals surface area contributed by atoms with E-state index in [1.807, 2.05) is 0 Å². The summed E-state index contributed by atoms with van der Waals surface area (Å²) in [5.41, 5.74) is -1.57. The molecule has 0 aliphatic carbocycles. The van der Waals surface area contributed by atoms with Crippen LogP contribution in [0.5, 0.6) is 0 Å². The number of benzene rings is 3. The van der Waals surface area contributed by atoms with Crippen LogP contribution in [0.2, 0.25) is 10.0 Å². The number of hydrogen-bond acceptors (Lipinski definition) is 3. The van der Waals surface area contributed by atoms with E-state index in [4.69, 9.17) is 23.2 Å². The first kappa shape index (κ1) is 26.0. The molecule has 0 fully saturated rings.